The van der Waals surface area contributed by atoms with Crippen LogP contribution in [0.5, 0.6) is 0 Å². The Morgan fingerprint density at radius 3 is 2.32 bits per heavy atom. The maximum Gasteiger partial charge on any atom is 0.407 e. The monoisotopic (exact) mass is 307 g/mol. The average Bonchev–Trinajstić information content (AvgIpc) is 2.37. The lowest BCUT2D eigenvalue weighted by Crippen LogP contribution is -2.41. The molecule has 1 aromatic carbocycles. The van der Waals surface area contributed by atoms with E-state index in [0.29, 0.717) is 12.8 Å². The first-order chi connectivity index (χ1) is 10.2. The summed E-state index contributed by atoms with van der Waals surface area (Å²) < 4.78 is 5.25. The third-order valence-electron chi connectivity index (χ3n) is 3.11. The van der Waals surface area contributed by atoms with Crippen LogP contribution in [0.1, 0.15) is 39.7 Å². The normalized spacial score (nSPS) is 14.0. The van der Waals surface area contributed by atoms with Crippen molar-refractivity contribution in [2.45, 2.75) is 52.2 Å². The molecule has 0 unspecified atom stereocenters. The number of amides is 1. The van der Waals surface area contributed by atoms with Crippen LogP contribution in [0, 0.1) is 5.92 Å². The van der Waals surface area contributed by atoms with Gasteiger partial charge in [0.1, 0.15) is 5.60 Å². The molecule has 0 spiro atoms. The molecule has 0 saturated carbocycles. The van der Waals surface area contributed by atoms with Gasteiger partial charge in [-0.1, -0.05) is 37.3 Å². The van der Waals surface area contributed by atoms with Gasteiger partial charge in [0.05, 0.1) is 5.92 Å². The van der Waals surface area contributed by atoms with Crippen molar-refractivity contribution < 1.29 is 19.4 Å². The summed E-state index contributed by atoms with van der Waals surface area (Å²) in [6.07, 6.45) is 0.396. The summed E-state index contributed by atoms with van der Waals surface area (Å²) >= 11 is 0. The number of carboxylic acid groups (broad SMARTS) is 1. The Bertz CT molecular complexity index is 493. The SMILES string of the molecule is C[C@H](C[C@H](Cc1ccccc1)NC(=O)OC(C)(C)C)C(=O)O. The van der Waals surface area contributed by atoms with Crippen molar-refractivity contribution in [3.63, 3.8) is 0 Å². The molecular formula is C17H25NO4. The van der Waals surface area contributed by atoms with Crippen molar-refractivity contribution in [2.75, 3.05) is 0 Å². The van der Waals surface area contributed by atoms with E-state index in [1.54, 1.807) is 27.7 Å². The Balaban J connectivity index is 2.73. The van der Waals surface area contributed by atoms with E-state index < -0.39 is 23.6 Å². The standard InChI is InChI=1S/C17H25NO4/c1-12(15(19)20)10-14(11-13-8-6-5-7-9-13)18-16(21)22-17(2,3)4/h5-9,12,14H,10-11H2,1-4H3,(H,18,21)(H,19,20)/t12-,14-/m1/s1. The number of carbonyl (C=O) groups excluding carboxylic acids is 1. The lowest BCUT2D eigenvalue weighted by atomic mass is 9.96. The highest BCUT2D eigenvalue weighted by atomic mass is 16.6. The highest BCUT2D eigenvalue weighted by molar-refractivity contribution is 5.70. The third kappa shape index (κ3) is 7.11. The lowest BCUT2D eigenvalue weighted by molar-refractivity contribution is -0.141. The zero-order valence-corrected chi connectivity index (χ0v) is 13.6. The first-order valence-corrected chi connectivity index (χ1v) is 7.43. The van der Waals surface area contributed by atoms with Gasteiger partial charge in [-0.2, -0.15) is 0 Å². The molecule has 0 aliphatic rings. The molecule has 0 fully saturated rings. The molecule has 22 heavy (non-hydrogen) atoms. The number of nitrogens with one attached hydrogen (secondary N) is 1. The van der Waals surface area contributed by atoms with Crippen molar-refractivity contribution in [1.29, 1.82) is 0 Å². The molecule has 1 rings (SSSR count). The molecule has 0 aliphatic heterocycles. The zero-order valence-electron chi connectivity index (χ0n) is 13.6. The van der Waals surface area contributed by atoms with Gasteiger partial charge in [-0.3, -0.25) is 4.79 Å². The van der Waals surface area contributed by atoms with Crippen molar-refractivity contribution in [3.05, 3.63) is 35.9 Å². The van der Waals surface area contributed by atoms with Gasteiger partial charge in [0.2, 0.25) is 0 Å². The predicted molar refractivity (Wildman–Crippen MR) is 84.7 cm³/mol. The van der Waals surface area contributed by atoms with Crippen molar-refractivity contribution in [1.82, 2.24) is 5.32 Å². The Hall–Kier alpha value is -2.04. The van der Waals surface area contributed by atoms with Crippen LogP contribution in [-0.4, -0.2) is 28.8 Å². The van der Waals surface area contributed by atoms with Crippen LogP contribution in [-0.2, 0) is 16.0 Å². The summed E-state index contributed by atoms with van der Waals surface area (Å²) in [4.78, 5) is 23.0. The van der Waals surface area contributed by atoms with Crippen LogP contribution >= 0.6 is 0 Å². The van der Waals surface area contributed by atoms with Gasteiger partial charge in [0, 0.05) is 6.04 Å². The minimum Gasteiger partial charge on any atom is -0.481 e. The minimum absolute atomic E-state index is 0.289. The van der Waals surface area contributed by atoms with E-state index in [-0.39, 0.29) is 6.04 Å². The summed E-state index contributed by atoms with van der Waals surface area (Å²) in [6, 6.07) is 9.37. The van der Waals surface area contributed by atoms with Gasteiger partial charge in [-0.15, -0.1) is 0 Å². The number of ether oxygens (including phenoxy) is 1. The number of carboxylic acids is 1. The molecule has 0 heterocycles. The van der Waals surface area contributed by atoms with Gasteiger partial charge in [-0.05, 0) is 39.2 Å². The number of aliphatic carboxylic acids is 1. The van der Waals surface area contributed by atoms with Gasteiger partial charge in [-0.25, -0.2) is 4.79 Å². The van der Waals surface area contributed by atoms with Crippen LogP contribution in [0.2, 0.25) is 0 Å². The highest BCUT2D eigenvalue weighted by Crippen LogP contribution is 2.14. The molecule has 122 valence electrons. The first-order valence-electron chi connectivity index (χ1n) is 7.43. The molecular weight excluding hydrogens is 282 g/mol. The summed E-state index contributed by atoms with van der Waals surface area (Å²) in [5.41, 5.74) is 0.459. The maximum absolute atomic E-state index is 11.9. The topological polar surface area (TPSA) is 75.6 Å². The number of hydrogen-bond acceptors (Lipinski definition) is 3. The number of carbonyl (C=O) groups is 2. The molecule has 0 bridgehead atoms. The second-order valence-corrected chi connectivity index (χ2v) is 6.51. The number of alkyl carbamates (subject to hydrolysis) is 1. The van der Waals surface area contributed by atoms with E-state index in [1.807, 2.05) is 30.3 Å². The summed E-state index contributed by atoms with van der Waals surface area (Å²) in [6.45, 7) is 7.01. The number of benzene rings is 1. The van der Waals surface area contributed by atoms with E-state index in [4.69, 9.17) is 9.84 Å². The van der Waals surface area contributed by atoms with Crippen molar-refractivity contribution >= 4 is 12.1 Å². The van der Waals surface area contributed by atoms with Crippen molar-refractivity contribution in [2.24, 2.45) is 5.92 Å². The fraction of sp³-hybridized carbons (Fsp3) is 0.529. The molecule has 0 aliphatic carbocycles. The summed E-state index contributed by atoms with van der Waals surface area (Å²) in [5.74, 6) is -1.41. The Labute approximate surface area is 131 Å². The zero-order chi connectivity index (χ0) is 16.8. The molecule has 0 radical (unpaired) electrons. The van der Waals surface area contributed by atoms with Gasteiger partial charge < -0.3 is 15.2 Å². The Morgan fingerprint density at radius 1 is 1.23 bits per heavy atom. The van der Waals surface area contributed by atoms with Crippen LogP contribution in [0.15, 0.2) is 30.3 Å². The molecule has 5 nitrogen and oxygen atoms in total. The van der Waals surface area contributed by atoms with Crippen LogP contribution in [0.25, 0.3) is 0 Å². The van der Waals surface area contributed by atoms with Gasteiger partial charge >= 0.3 is 12.1 Å². The number of hydrogen-bond donors (Lipinski definition) is 2. The molecule has 2 atom stereocenters. The van der Waals surface area contributed by atoms with E-state index in [2.05, 4.69) is 5.32 Å². The Morgan fingerprint density at radius 2 is 1.82 bits per heavy atom. The van der Waals surface area contributed by atoms with Crippen LogP contribution in [0.4, 0.5) is 4.79 Å². The van der Waals surface area contributed by atoms with Crippen LogP contribution < -0.4 is 5.32 Å². The third-order valence-corrected chi connectivity index (χ3v) is 3.11. The number of rotatable bonds is 6. The smallest absolute Gasteiger partial charge is 0.407 e. The molecule has 1 aromatic rings. The second-order valence-electron chi connectivity index (χ2n) is 6.51. The largest absolute Gasteiger partial charge is 0.481 e. The van der Waals surface area contributed by atoms with E-state index >= 15 is 0 Å². The fourth-order valence-corrected chi connectivity index (χ4v) is 2.09. The average molecular weight is 307 g/mol. The lowest BCUT2D eigenvalue weighted by Gasteiger charge is -2.24. The second kappa shape index (κ2) is 7.82. The van der Waals surface area contributed by atoms with Crippen molar-refractivity contribution in [3.8, 4) is 0 Å². The Kier molecular flexibility index (Phi) is 6.40. The van der Waals surface area contributed by atoms with E-state index in [1.165, 1.54) is 0 Å². The highest BCUT2D eigenvalue weighted by Gasteiger charge is 2.23. The summed E-state index contributed by atoms with van der Waals surface area (Å²) in [7, 11) is 0. The van der Waals surface area contributed by atoms with Gasteiger partial charge in [0.15, 0.2) is 0 Å². The van der Waals surface area contributed by atoms with Gasteiger partial charge in [0.25, 0.3) is 0 Å². The molecule has 1 amide bonds. The molecule has 0 aromatic heterocycles. The summed E-state index contributed by atoms with van der Waals surface area (Å²) in [5, 5.41) is 11.9. The van der Waals surface area contributed by atoms with E-state index in [9.17, 15) is 9.59 Å². The molecule has 0 saturated heterocycles. The molecule has 2 N–H and O–H groups in total. The quantitative estimate of drug-likeness (QED) is 0.846. The molecule has 5 heteroatoms. The van der Waals surface area contributed by atoms with Crippen LogP contribution in [0.3, 0.4) is 0 Å². The first kappa shape index (κ1) is 18.0. The predicted octanol–water partition coefficient (Wildman–Crippen LogP) is 3.23. The minimum atomic E-state index is -0.871. The maximum atomic E-state index is 11.9. The fourth-order valence-electron chi connectivity index (χ4n) is 2.09. The van der Waals surface area contributed by atoms with E-state index in [0.717, 1.165) is 5.56 Å².